The first kappa shape index (κ1) is 15.5. The molecule has 0 radical (unpaired) electrons. The third kappa shape index (κ3) is 4.03. The third-order valence-corrected chi connectivity index (χ3v) is 3.97. The maximum Gasteiger partial charge on any atom is 0.305 e. The van der Waals surface area contributed by atoms with Gasteiger partial charge in [0.2, 0.25) is 0 Å². The van der Waals surface area contributed by atoms with Crippen LogP contribution in [-0.4, -0.2) is 40.5 Å². The van der Waals surface area contributed by atoms with Gasteiger partial charge in [0.15, 0.2) is 0 Å². The van der Waals surface area contributed by atoms with Crippen molar-refractivity contribution in [1.82, 2.24) is 9.88 Å². The minimum Gasteiger partial charge on any atom is -0.481 e. The molecule has 0 atom stereocenters. The predicted octanol–water partition coefficient (Wildman–Crippen LogP) is 3.01. The zero-order chi connectivity index (χ0) is 15.4. The number of carbonyl (C=O) groups is 2. The van der Waals surface area contributed by atoms with Crippen molar-refractivity contribution in [3.8, 4) is 10.6 Å². The number of hydrogen-bond acceptors (Lipinski definition) is 4. The number of rotatable bonds is 5. The Morgan fingerprint density at radius 3 is 2.62 bits per heavy atom. The van der Waals surface area contributed by atoms with E-state index in [1.165, 1.54) is 16.2 Å². The summed E-state index contributed by atoms with van der Waals surface area (Å²) in [7, 11) is 1.56. The molecule has 1 N–H and O–H groups in total. The number of halogens is 1. The van der Waals surface area contributed by atoms with E-state index in [0.29, 0.717) is 10.7 Å². The van der Waals surface area contributed by atoms with Crippen molar-refractivity contribution in [3.63, 3.8) is 0 Å². The number of amides is 1. The minimum absolute atomic E-state index is 0.0869. The van der Waals surface area contributed by atoms with E-state index in [2.05, 4.69) is 4.98 Å². The Bertz CT molecular complexity index is 654. The second-order valence-corrected chi connectivity index (χ2v) is 5.71. The monoisotopic (exact) mass is 324 g/mol. The normalized spacial score (nSPS) is 10.4. The van der Waals surface area contributed by atoms with Gasteiger partial charge in [0.25, 0.3) is 5.91 Å². The van der Waals surface area contributed by atoms with Crippen LogP contribution in [0.2, 0.25) is 5.02 Å². The average Bonchev–Trinajstić information content (AvgIpc) is 2.94. The molecular formula is C14H13ClN2O3S. The van der Waals surface area contributed by atoms with Gasteiger partial charge in [-0.1, -0.05) is 23.7 Å². The summed E-state index contributed by atoms with van der Waals surface area (Å²) >= 11 is 7.19. The second-order valence-electron chi connectivity index (χ2n) is 4.42. The van der Waals surface area contributed by atoms with Crippen molar-refractivity contribution in [2.24, 2.45) is 0 Å². The van der Waals surface area contributed by atoms with E-state index in [4.69, 9.17) is 16.7 Å². The highest BCUT2D eigenvalue weighted by Crippen LogP contribution is 2.25. The zero-order valence-electron chi connectivity index (χ0n) is 11.2. The Labute approximate surface area is 130 Å². The molecule has 5 nitrogen and oxygen atoms in total. The fourth-order valence-electron chi connectivity index (χ4n) is 1.66. The van der Waals surface area contributed by atoms with Gasteiger partial charge in [-0.25, -0.2) is 4.98 Å². The van der Waals surface area contributed by atoms with Crippen LogP contribution in [0.5, 0.6) is 0 Å². The molecule has 1 heterocycles. The standard InChI is InChI=1S/C14H13ClN2O3S/c1-17(7-6-12(18)19)14(20)11-8-21-13(16-11)9-2-4-10(15)5-3-9/h2-5,8H,6-7H2,1H3,(H,18,19). The van der Waals surface area contributed by atoms with Gasteiger partial charge in [0.1, 0.15) is 10.7 Å². The summed E-state index contributed by atoms with van der Waals surface area (Å²) in [5.74, 6) is -1.22. The molecule has 0 spiro atoms. The highest BCUT2D eigenvalue weighted by atomic mass is 35.5. The molecular weight excluding hydrogens is 312 g/mol. The molecule has 0 aliphatic carbocycles. The number of hydrogen-bond donors (Lipinski definition) is 1. The molecule has 0 aliphatic heterocycles. The van der Waals surface area contributed by atoms with E-state index < -0.39 is 5.97 Å². The lowest BCUT2D eigenvalue weighted by molar-refractivity contribution is -0.137. The van der Waals surface area contributed by atoms with E-state index in [0.717, 1.165) is 10.6 Å². The lowest BCUT2D eigenvalue weighted by atomic mass is 10.2. The van der Waals surface area contributed by atoms with E-state index in [1.54, 1.807) is 24.6 Å². The molecule has 110 valence electrons. The van der Waals surface area contributed by atoms with Crippen molar-refractivity contribution in [1.29, 1.82) is 0 Å². The molecule has 0 bridgehead atoms. The molecule has 0 aliphatic rings. The minimum atomic E-state index is -0.935. The topological polar surface area (TPSA) is 70.5 Å². The van der Waals surface area contributed by atoms with Crippen LogP contribution in [0.15, 0.2) is 29.6 Å². The van der Waals surface area contributed by atoms with Gasteiger partial charge in [0.05, 0.1) is 6.42 Å². The lowest BCUT2D eigenvalue weighted by Crippen LogP contribution is -2.29. The maximum atomic E-state index is 12.1. The smallest absolute Gasteiger partial charge is 0.305 e. The molecule has 0 fully saturated rings. The van der Waals surface area contributed by atoms with Crippen LogP contribution in [0.25, 0.3) is 10.6 Å². The zero-order valence-corrected chi connectivity index (χ0v) is 12.8. The van der Waals surface area contributed by atoms with E-state index >= 15 is 0 Å². The highest BCUT2D eigenvalue weighted by molar-refractivity contribution is 7.13. The van der Waals surface area contributed by atoms with Crippen molar-refractivity contribution in [3.05, 3.63) is 40.4 Å². The van der Waals surface area contributed by atoms with Crippen LogP contribution < -0.4 is 0 Å². The Morgan fingerprint density at radius 2 is 2.00 bits per heavy atom. The van der Waals surface area contributed by atoms with Gasteiger partial charge in [-0.05, 0) is 12.1 Å². The first-order valence-corrected chi connectivity index (χ1v) is 7.42. The Hall–Kier alpha value is -1.92. The van der Waals surface area contributed by atoms with Gasteiger partial charge in [0, 0.05) is 29.6 Å². The van der Waals surface area contributed by atoms with Crippen LogP contribution in [0.4, 0.5) is 0 Å². The Kier molecular flexibility index (Phi) is 4.93. The fraction of sp³-hybridized carbons (Fsp3) is 0.214. The average molecular weight is 325 g/mol. The van der Waals surface area contributed by atoms with Gasteiger partial charge in [-0.2, -0.15) is 0 Å². The molecule has 0 unspecified atom stereocenters. The van der Waals surface area contributed by atoms with E-state index in [1.807, 2.05) is 12.1 Å². The van der Waals surface area contributed by atoms with Gasteiger partial charge in [-0.15, -0.1) is 11.3 Å². The Morgan fingerprint density at radius 1 is 1.33 bits per heavy atom. The number of carboxylic acid groups (broad SMARTS) is 1. The molecule has 2 rings (SSSR count). The number of aliphatic carboxylic acids is 1. The quantitative estimate of drug-likeness (QED) is 0.917. The van der Waals surface area contributed by atoms with Crippen molar-refractivity contribution >= 4 is 34.8 Å². The summed E-state index contributed by atoms with van der Waals surface area (Å²) in [5, 5.41) is 11.7. The first-order valence-electron chi connectivity index (χ1n) is 6.16. The van der Waals surface area contributed by atoms with E-state index in [9.17, 15) is 9.59 Å². The number of aromatic nitrogens is 1. The summed E-state index contributed by atoms with van der Waals surface area (Å²) in [6.07, 6.45) is -0.0869. The molecule has 1 aromatic heterocycles. The van der Waals surface area contributed by atoms with Gasteiger partial charge in [-0.3, -0.25) is 9.59 Å². The summed E-state index contributed by atoms with van der Waals surface area (Å²) in [6.45, 7) is 0.155. The highest BCUT2D eigenvalue weighted by Gasteiger charge is 2.16. The van der Waals surface area contributed by atoms with Gasteiger partial charge < -0.3 is 10.0 Å². The Balaban J connectivity index is 2.10. The van der Waals surface area contributed by atoms with E-state index in [-0.39, 0.29) is 18.9 Å². The third-order valence-electron chi connectivity index (χ3n) is 2.82. The van der Waals surface area contributed by atoms with Crippen LogP contribution in [0, 0.1) is 0 Å². The molecule has 21 heavy (non-hydrogen) atoms. The first-order chi connectivity index (χ1) is 9.97. The number of nitrogens with zero attached hydrogens (tertiary/aromatic N) is 2. The van der Waals surface area contributed by atoms with Crippen LogP contribution in [0.1, 0.15) is 16.9 Å². The number of benzene rings is 1. The van der Waals surface area contributed by atoms with Crippen LogP contribution in [-0.2, 0) is 4.79 Å². The fourth-order valence-corrected chi connectivity index (χ4v) is 2.58. The SMILES string of the molecule is CN(CCC(=O)O)C(=O)c1csc(-c2ccc(Cl)cc2)n1. The summed E-state index contributed by atoms with van der Waals surface area (Å²) in [6, 6.07) is 7.20. The van der Waals surface area contributed by atoms with Crippen LogP contribution >= 0.6 is 22.9 Å². The summed E-state index contributed by atoms with van der Waals surface area (Å²) in [5.41, 5.74) is 1.20. The summed E-state index contributed by atoms with van der Waals surface area (Å²) in [4.78, 5) is 28.3. The molecule has 2 aromatic rings. The number of carboxylic acids is 1. The molecule has 0 saturated carbocycles. The van der Waals surface area contributed by atoms with Gasteiger partial charge >= 0.3 is 5.97 Å². The molecule has 0 saturated heterocycles. The number of carbonyl (C=O) groups excluding carboxylic acids is 1. The van der Waals surface area contributed by atoms with Crippen molar-refractivity contribution in [2.45, 2.75) is 6.42 Å². The summed E-state index contributed by atoms with van der Waals surface area (Å²) < 4.78 is 0. The molecule has 7 heteroatoms. The lowest BCUT2D eigenvalue weighted by Gasteiger charge is -2.14. The number of thiazole rings is 1. The predicted molar refractivity (Wildman–Crippen MR) is 81.8 cm³/mol. The van der Waals surface area contributed by atoms with Crippen LogP contribution in [0.3, 0.4) is 0 Å². The largest absolute Gasteiger partial charge is 0.481 e. The molecule has 1 amide bonds. The van der Waals surface area contributed by atoms with Crippen molar-refractivity contribution < 1.29 is 14.7 Å². The second kappa shape index (κ2) is 6.69. The van der Waals surface area contributed by atoms with Crippen molar-refractivity contribution in [2.75, 3.05) is 13.6 Å². The molecule has 1 aromatic carbocycles. The maximum absolute atomic E-state index is 12.1.